The molecule has 0 aliphatic carbocycles. The fraction of sp³-hybridized carbons (Fsp3) is 0.167. The van der Waals surface area contributed by atoms with E-state index in [4.69, 9.17) is 9.84 Å². The highest BCUT2D eigenvalue weighted by atomic mass is 32.2. The van der Waals surface area contributed by atoms with Crippen LogP contribution < -0.4 is 4.74 Å². The first-order chi connectivity index (χ1) is 9.44. The number of aromatic carboxylic acids is 1. The highest BCUT2D eigenvalue weighted by molar-refractivity contribution is 7.90. The average molecular weight is 313 g/mol. The predicted octanol–water partition coefficient (Wildman–Crippen LogP) is 1.82. The third-order valence-electron chi connectivity index (χ3n) is 2.54. The van der Waals surface area contributed by atoms with Crippen molar-refractivity contribution < 1.29 is 23.1 Å². The fourth-order valence-electron chi connectivity index (χ4n) is 1.62. The number of nitrogens with zero attached hydrogens (tertiary/aromatic N) is 1. The van der Waals surface area contributed by atoms with Gasteiger partial charge in [0.05, 0.1) is 12.7 Å². The van der Waals surface area contributed by atoms with E-state index >= 15 is 0 Å². The molecule has 0 bridgehead atoms. The SMILES string of the molecule is COc1ccc(C(=O)O)cc1S(=O)(=O)Cc1nccs1. The zero-order valence-electron chi connectivity index (χ0n) is 10.4. The van der Waals surface area contributed by atoms with Crippen molar-refractivity contribution in [1.82, 2.24) is 4.98 Å². The number of thiazole rings is 1. The first-order valence-corrected chi connectivity index (χ1v) is 7.99. The minimum absolute atomic E-state index is 0.108. The molecule has 0 radical (unpaired) electrons. The van der Waals surface area contributed by atoms with Gasteiger partial charge in [-0.2, -0.15) is 0 Å². The fourth-order valence-corrected chi connectivity index (χ4v) is 4.08. The molecule has 0 aliphatic heterocycles. The number of methoxy groups -OCH3 is 1. The molecular formula is C12H11NO5S2. The summed E-state index contributed by atoms with van der Waals surface area (Å²) in [5, 5.41) is 11.1. The van der Waals surface area contributed by atoms with Crippen LogP contribution in [0.5, 0.6) is 5.75 Å². The van der Waals surface area contributed by atoms with Gasteiger partial charge in [-0.05, 0) is 18.2 Å². The largest absolute Gasteiger partial charge is 0.495 e. The summed E-state index contributed by atoms with van der Waals surface area (Å²) < 4.78 is 29.7. The molecule has 0 spiro atoms. The second-order valence-electron chi connectivity index (χ2n) is 3.86. The lowest BCUT2D eigenvalue weighted by atomic mass is 10.2. The molecule has 8 heteroatoms. The smallest absolute Gasteiger partial charge is 0.335 e. The summed E-state index contributed by atoms with van der Waals surface area (Å²) in [4.78, 5) is 14.7. The number of aromatic nitrogens is 1. The van der Waals surface area contributed by atoms with Gasteiger partial charge in [0.1, 0.15) is 21.4 Å². The molecule has 20 heavy (non-hydrogen) atoms. The van der Waals surface area contributed by atoms with Gasteiger partial charge in [0.15, 0.2) is 9.84 Å². The number of sulfone groups is 1. The molecule has 0 unspecified atom stereocenters. The number of ether oxygens (including phenoxy) is 1. The number of carboxylic acids is 1. The molecule has 1 aromatic carbocycles. The molecule has 106 valence electrons. The Balaban J connectivity index is 2.48. The second kappa shape index (κ2) is 5.59. The molecule has 0 aliphatic rings. The minimum atomic E-state index is -3.72. The highest BCUT2D eigenvalue weighted by Crippen LogP contribution is 2.28. The maximum absolute atomic E-state index is 12.3. The van der Waals surface area contributed by atoms with Crippen LogP contribution in [0.25, 0.3) is 0 Å². The summed E-state index contributed by atoms with van der Waals surface area (Å²) in [7, 11) is -2.39. The van der Waals surface area contributed by atoms with E-state index in [0.29, 0.717) is 5.01 Å². The van der Waals surface area contributed by atoms with Gasteiger partial charge in [-0.3, -0.25) is 0 Å². The van der Waals surface area contributed by atoms with Crippen LogP contribution in [0.2, 0.25) is 0 Å². The number of carboxylic acid groups (broad SMARTS) is 1. The van der Waals surface area contributed by atoms with E-state index in [1.165, 1.54) is 36.8 Å². The van der Waals surface area contributed by atoms with Gasteiger partial charge >= 0.3 is 5.97 Å². The summed E-state index contributed by atoms with van der Waals surface area (Å²) in [6.45, 7) is 0. The van der Waals surface area contributed by atoms with Crippen molar-refractivity contribution in [1.29, 1.82) is 0 Å². The van der Waals surface area contributed by atoms with E-state index in [-0.39, 0.29) is 22.0 Å². The van der Waals surface area contributed by atoms with Crippen LogP contribution in [0.3, 0.4) is 0 Å². The van der Waals surface area contributed by atoms with E-state index in [2.05, 4.69) is 4.98 Å². The normalized spacial score (nSPS) is 11.2. The summed E-state index contributed by atoms with van der Waals surface area (Å²) in [6.07, 6.45) is 1.51. The molecule has 0 saturated heterocycles. The number of hydrogen-bond donors (Lipinski definition) is 1. The quantitative estimate of drug-likeness (QED) is 0.905. The Morgan fingerprint density at radius 1 is 1.45 bits per heavy atom. The molecule has 6 nitrogen and oxygen atoms in total. The van der Waals surface area contributed by atoms with Crippen LogP contribution in [-0.2, 0) is 15.6 Å². The lowest BCUT2D eigenvalue weighted by Gasteiger charge is -2.09. The van der Waals surface area contributed by atoms with Crippen molar-refractivity contribution >= 4 is 27.1 Å². The molecule has 0 atom stereocenters. The topological polar surface area (TPSA) is 93.6 Å². The maximum Gasteiger partial charge on any atom is 0.335 e. The van der Waals surface area contributed by atoms with E-state index in [1.807, 2.05) is 0 Å². The molecule has 2 rings (SSSR count). The van der Waals surface area contributed by atoms with E-state index in [9.17, 15) is 13.2 Å². The van der Waals surface area contributed by atoms with E-state index < -0.39 is 15.8 Å². The molecule has 1 N–H and O–H groups in total. The van der Waals surface area contributed by atoms with Crippen LogP contribution in [0.15, 0.2) is 34.7 Å². The van der Waals surface area contributed by atoms with Crippen molar-refractivity contribution in [3.63, 3.8) is 0 Å². The Bertz CT molecular complexity index is 722. The van der Waals surface area contributed by atoms with Crippen molar-refractivity contribution in [3.05, 3.63) is 40.3 Å². The predicted molar refractivity (Wildman–Crippen MR) is 73.0 cm³/mol. The molecule has 1 aromatic heterocycles. The van der Waals surface area contributed by atoms with Gasteiger partial charge < -0.3 is 9.84 Å². The van der Waals surface area contributed by atoms with Gasteiger partial charge in [0.25, 0.3) is 0 Å². The Kier molecular flexibility index (Phi) is 4.05. The zero-order valence-corrected chi connectivity index (χ0v) is 12.1. The second-order valence-corrected chi connectivity index (χ2v) is 6.79. The van der Waals surface area contributed by atoms with Gasteiger partial charge in [-0.15, -0.1) is 11.3 Å². The maximum atomic E-state index is 12.3. The van der Waals surface area contributed by atoms with Gasteiger partial charge in [-0.1, -0.05) is 0 Å². The number of rotatable bonds is 5. The number of benzene rings is 1. The Hall–Kier alpha value is -1.93. The molecular weight excluding hydrogens is 302 g/mol. The molecule has 2 aromatic rings. The zero-order chi connectivity index (χ0) is 14.8. The molecule has 0 amide bonds. The van der Waals surface area contributed by atoms with E-state index in [0.717, 1.165) is 6.07 Å². The monoisotopic (exact) mass is 313 g/mol. The van der Waals surface area contributed by atoms with Crippen LogP contribution in [0, 0.1) is 0 Å². The lowest BCUT2D eigenvalue weighted by Crippen LogP contribution is -2.08. The Morgan fingerprint density at radius 2 is 2.20 bits per heavy atom. The van der Waals surface area contributed by atoms with E-state index in [1.54, 1.807) is 5.38 Å². The molecule has 1 heterocycles. The van der Waals surface area contributed by atoms with Crippen molar-refractivity contribution in [3.8, 4) is 5.75 Å². The standard InChI is InChI=1S/C12H11NO5S2/c1-18-9-3-2-8(12(14)15)6-10(9)20(16,17)7-11-13-4-5-19-11/h2-6H,7H2,1H3,(H,14,15). The van der Waals surface area contributed by atoms with Crippen LogP contribution in [0.1, 0.15) is 15.4 Å². The third kappa shape index (κ3) is 2.97. The summed E-state index contributed by atoms with van der Waals surface area (Å²) in [6, 6.07) is 3.73. The minimum Gasteiger partial charge on any atom is -0.495 e. The summed E-state index contributed by atoms with van der Waals surface area (Å²) >= 11 is 1.22. The Labute approximate surface area is 119 Å². The molecule has 0 fully saturated rings. The van der Waals surface area contributed by atoms with Crippen molar-refractivity contribution in [2.24, 2.45) is 0 Å². The van der Waals surface area contributed by atoms with Crippen LogP contribution in [-0.4, -0.2) is 31.6 Å². The average Bonchev–Trinajstić information content (AvgIpc) is 2.90. The highest BCUT2D eigenvalue weighted by Gasteiger charge is 2.23. The van der Waals surface area contributed by atoms with Gasteiger partial charge in [-0.25, -0.2) is 18.2 Å². The summed E-state index contributed by atoms with van der Waals surface area (Å²) in [5.74, 6) is -1.37. The van der Waals surface area contributed by atoms with Gasteiger partial charge in [0, 0.05) is 11.6 Å². The lowest BCUT2D eigenvalue weighted by molar-refractivity contribution is 0.0696. The van der Waals surface area contributed by atoms with Crippen LogP contribution in [0.4, 0.5) is 0 Å². The van der Waals surface area contributed by atoms with Gasteiger partial charge in [0.2, 0.25) is 0 Å². The third-order valence-corrected chi connectivity index (χ3v) is 5.15. The first kappa shape index (κ1) is 14.5. The van der Waals surface area contributed by atoms with Crippen LogP contribution >= 0.6 is 11.3 Å². The molecule has 0 saturated carbocycles. The number of hydrogen-bond acceptors (Lipinski definition) is 6. The Morgan fingerprint density at radius 3 is 2.75 bits per heavy atom. The van der Waals surface area contributed by atoms with Crippen molar-refractivity contribution in [2.75, 3.05) is 7.11 Å². The number of carbonyl (C=O) groups is 1. The van der Waals surface area contributed by atoms with Crippen molar-refractivity contribution in [2.45, 2.75) is 10.6 Å². The summed E-state index contributed by atoms with van der Waals surface area (Å²) in [5.41, 5.74) is -0.108. The first-order valence-electron chi connectivity index (χ1n) is 5.46.